The topological polar surface area (TPSA) is 152 Å². The van der Waals surface area contributed by atoms with Gasteiger partial charge in [-0.25, -0.2) is 8.98 Å². The molecule has 2 unspecified atom stereocenters. The van der Waals surface area contributed by atoms with Crippen LogP contribution in [0.1, 0.15) is 53.3 Å². The van der Waals surface area contributed by atoms with E-state index in [9.17, 15) is 31.2 Å². The minimum absolute atomic E-state index is 0.265. The summed E-state index contributed by atoms with van der Waals surface area (Å²) >= 11 is 0. The lowest BCUT2D eigenvalue weighted by Crippen LogP contribution is -2.59. The highest BCUT2D eigenvalue weighted by molar-refractivity contribution is 7.90. The number of nitrogens with zero attached hydrogens (tertiary/aromatic N) is 1. The van der Waals surface area contributed by atoms with Crippen molar-refractivity contribution in [1.82, 2.24) is 9.55 Å². The molecule has 0 saturated carbocycles. The van der Waals surface area contributed by atoms with E-state index < -0.39 is 78.8 Å². The number of aromatic nitrogens is 2. The second kappa shape index (κ2) is 10.2. The minimum Gasteiger partial charge on any atom is -0.414 e. The van der Waals surface area contributed by atoms with E-state index in [2.05, 4.69) is 0 Å². The van der Waals surface area contributed by atoms with Gasteiger partial charge in [0.2, 0.25) is 0 Å². The molecule has 0 amide bonds. The normalized spacial score (nSPS) is 27.4. The van der Waals surface area contributed by atoms with Crippen molar-refractivity contribution in [2.45, 2.75) is 108 Å². The molecule has 234 valence electrons. The lowest BCUT2D eigenvalue weighted by atomic mass is 9.89. The highest BCUT2D eigenvalue weighted by Gasteiger charge is 2.67. The number of rotatable bonds is 6. The van der Waals surface area contributed by atoms with E-state index in [4.69, 9.17) is 23.5 Å². The smallest absolute Gasteiger partial charge is 0.414 e. The first kappa shape index (κ1) is 33.7. The molecule has 0 radical (unpaired) electrons. The zero-order valence-electron chi connectivity index (χ0n) is 24.9. The molecule has 3 heterocycles. The molecule has 2 aliphatic heterocycles. The van der Waals surface area contributed by atoms with Crippen molar-refractivity contribution < 1.29 is 39.4 Å². The summed E-state index contributed by atoms with van der Waals surface area (Å²) in [6, 6.07) is 0. The van der Waals surface area contributed by atoms with Gasteiger partial charge in [-0.05, 0) is 36.3 Å². The van der Waals surface area contributed by atoms with Crippen molar-refractivity contribution in [2.24, 2.45) is 5.73 Å². The van der Waals surface area contributed by atoms with Gasteiger partial charge in [0, 0.05) is 6.20 Å². The Labute approximate surface area is 239 Å². The zero-order chi connectivity index (χ0) is 31.8. The Hall–Kier alpha value is -1.77. The molecule has 11 nitrogen and oxygen atoms in total. The summed E-state index contributed by atoms with van der Waals surface area (Å²) in [5, 5.41) is -0.0367. The average molecular weight is 644 g/mol. The minimum atomic E-state index is -5.11. The molecule has 17 heteroatoms. The van der Waals surface area contributed by atoms with Crippen molar-refractivity contribution in [1.29, 1.82) is 0 Å². The Bertz CT molecular complexity index is 1440. The summed E-state index contributed by atoms with van der Waals surface area (Å²) in [6.07, 6.45) is -9.29. The Kier molecular flexibility index (Phi) is 8.36. The summed E-state index contributed by atoms with van der Waals surface area (Å²) in [5.41, 5.74) is -0.552. The van der Waals surface area contributed by atoms with Crippen LogP contribution in [0.3, 0.4) is 0 Å². The number of aromatic amines is 1. The maximum atomic E-state index is 13.7. The lowest BCUT2D eigenvalue weighted by Gasteiger charge is -2.43. The number of hydrogen-bond acceptors (Lipinski definition) is 9. The monoisotopic (exact) mass is 643 g/mol. The Morgan fingerprint density at radius 3 is 2.02 bits per heavy atom. The summed E-state index contributed by atoms with van der Waals surface area (Å²) in [6.45, 7) is 18.9. The highest BCUT2D eigenvalue weighted by atomic mass is 32.2. The molecule has 0 bridgehead atoms. The van der Waals surface area contributed by atoms with Crippen LogP contribution in [0.5, 0.6) is 0 Å². The zero-order valence-corrected chi connectivity index (χ0v) is 27.7. The van der Waals surface area contributed by atoms with Crippen molar-refractivity contribution in [2.75, 3.05) is 6.61 Å². The van der Waals surface area contributed by atoms with Crippen LogP contribution < -0.4 is 17.0 Å². The third-order valence-corrected chi connectivity index (χ3v) is 18.6. The predicted octanol–water partition coefficient (Wildman–Crippen LogP) is 3.76. The van der Waals surface area contributed by atoms with Gasteiger partial charge in [0.15, 0.2) is 28.5 Å². The van der Waals surface area contributed by atoms with Gasteiger partial charge in [0.25, 0.3) is 15.7 Å². The molecule has 41 heavy (non-hydrogen) atoms. The first-order valence-corrected chi connectivity index (χ1v) is 20.3. The maximum absolute atomic E-state index is 13.7. The van der Waals surface area contributed by atoms with E-state index in [-0.39, 0.29) is 17.3 Å². The molecule has 0 aromatic carbocycles. The molecule has 1 fully saturated rings. The number of nitrogens with one attached hydrogen (secondary N) is 1. The molecular formula is C24H40F3N3O8SSi2. The van der Waals surface area contributed by atoms with Crippen molar-refractivity contribution in [3.8, 4) is 0 Å². The Balaban J connectivity index is 2.30. The molecule has 3 N–H and O–H groups in total. The second-order valence-corrected chi connectivity index (χ2v) is 24.5. The van der Waals surface area contributed by atoms with Gasteiger partial charge in [-0.15, -0.1) is 0 Å². The number of hydrogen-bond donors (Lipinski definition) is 2. The summed E-state index contributed by atoms with van der Waals surface area (Å²) in [7, 11) is -9.76. The van der Waals surface area contributed by atoms with Crippen molar-refractivity contribution in [3.05, 3.63) is 43.7 Å². The van der Waals surface area contributed by atoms with Gasteiger partial charge in [-0.2, -0.15) is 21.6 Å². The number of nitrogens with two attached hydrogens (primary N) is 1. The quantitative estimate of drug-likeness (QED) is 0.349. The molecule has 1 aromatic heterocycles. The molecule has 1 aromatic rings. The number of ether oxygens (including phenoxy) is 1. The van der Waals surface area contributed by atoms with Gasteiger partial charge in [0.05, 0.1) is 17.7 Å². The Morgan fingerprint density at radius 1 is 1.05 bits per heavy atom. The largest absolute Gasteiger partial charge is 0.423 e. The maximum Gasteiger partial charge on any atom is 0.423 e. The summed E-state index contributed by atoms with van der Waals surface area (Å²) < 4.78 is 92.0. The number of H-pyrrole nitrogens is 1. The van der Waals surface area contributed by atoms with E-state index in [1.165, 1.54) is 0 Å². The third-order valence-electron chi connectivity index (χ3n) is 8.62. The van der Waals surface area contributed by atoms with Gasteiger partial charge in [-0.1, -0.05) is 41.5 Å². The van der Waals surface area contributed by atoms with Gasteiger partial charge in [0.1, 0.15) is 17.8 Å². The average Bonchev–Trinajstić information content (AvgIpc) is 3.16. The van der Waals surface area contributed by atoms with Gasteiger partial charge in [-0.3, -0.25) is 14.3 Å². The van der Waals surface area contributed by atoms with Crippen LogP contribution in [0, 0.1) is 0 Å². The van der Waals surface area contributed by atoms with Crippen LogP contribution in [-0.2, 0) is 34.1 Å². The second-order valence-electron chi connectivity index (χ2n) is 13.5. The fourth-order valence-electron chi connectivity index (χ4n) is 4.09. The van der Waals surface area contributed by atoms with Crippen LogP contribution in [0.2, 0.25) is 36.3 Å². The number of alkyl halides is 3. The predicted molar refractivity (Wildman–Crippen MR) is 150 cm³/mol. The lowest BCUT2D eigenvalue weighted by molar-refractivity contribution is -0.140. The van der Waals surface area contributed by atoms with E-state index in [0.717, 1.165) is 0 Å². The van der Waals surface area contributed by atoms with Crippen LogP contribution in [0.4, 0.5) is 13.2 Å². The van der Waals surface area contributed by atoms with E-state index in [1.807, 2.05) is 67.7 Å². The first-order valence-electron chi connectivity index (χ1n) is 13.0. The first-order chi connectivity index (χ1) is 18.2. The summed E-state index contributed by atoms with van der Waals surface area (Å²) in [4.78, 5) is 26.7. The SMILES string of the molecule is CC(C)(C)[Si](C)(C)OCC1O[C@@H](n2cc(C(F)(F)F)c(=O)[nH]c2=O)[C@H](O[Si](C)(C)C(C)(C)C)C12OS(=O)(=O)C=C2N. The summed E-state index contributed by atoms with van der Waals surface area (Å²) in [5.74, 6) is 0. The Morgan fingerprint density at radius 2 is 1.59 bits per heavy atom. The van der Waals surface area contributed by atoms with E-state index >= 15 is 0 Å². The molecule has 4 atom stereocenters. The highest BCUT2D eigenvalue weighted by Crippen LogP contribution is 2.52. The van der Waals surface area contributed by atoms with Crippen molar-refractivity contribution in [3.63, 3.8) is 0 Å². The fourth-order valence-corrected chi connectivity index (χ4v) is 7.60. The molecule has 0 aliphatic carbocycles. The van der Waals surface area contributed by atoms with Gasteiger partial charge < -0.3 is 19.3 Å². The van der Waals surface area contributed by atoms with Crippen LogP contribution >= 0.6 is 0 Å². The molecule has 2 aliphatic rings. The van der Waals surface area contributed by atoms with Crippen LogP contribution in [0.15, 0.2) is 26.9 Å². The van der Waals surface area contributed by atoms with Crippen molar-refractivity contribution >= 4 is 26.8 Å². The molecule has 1 saturated heterocycles. The van der Waals surface area contributed by atoms with E-state index in [0.29, 0.717) is 16.2 Å². The molecule has 1 spiro atoms. The molecule has 3 rings (SSSR count). The fraction of sp³-hybridized carbons (Fsp3) is 0.750. The van der Waals surface area contributed by atoms with Crippen LogP contribution in [0.25, 0.3) is 0 Å². The van der Waals surface area contributed by atoms with Crippen LogP contribution in [-0.4, -0.2) is 59.0 Å². The third kappa shape index (κ3) is 6.17. The number of halogens is 3. The molecular weight excluding hydrogens is 604 g/mol. The van der Waals surface area contributed by atoms with Gasteiger partial charge >= 0.3 is 11.9 Å². The van der Waals surface area contributed by atoms with E-state index in [1.54, 1.807) is 4.98 Å². The standard InChI is InChI=1S/C24H40F3N3O8SSi2/c1-21(2,3)40(7,8)35-12-16-23(15(28)13-39(33,34)38-23)17(37-41(9,10)22(4,5)6)19(36-16)30-11-14(24(25,26)27)18(31)29-20(30)32/h11,13,16-17,19H,12,28H2,1-10H3,(H,29,31,32)/t16?,17-,19+,23?/m0/s1.